The van der Waals surface area contributed by atoms with Gasteiger partial charge in [-0.1, -0.05) is 18.7 Å². The number of hydrogen-bond donors (Lipinski definition) is 1. The molecule has 114 valence electrons. The topological polar surface area (TPSA) is 50.2 Å². The Morgan fingerprint density at radius 1 is 1.18 bits per heavy atom. The van der Waals surface area contributed by atoms with Gasteiger partial charge in [0.25, 0.3) is 0 Å². The maximum Gasteiger partial charge on any atom is 0.433 e. The lowest BCUT2D eigenvalue weighted by Crippen LogP contribution is -2.10. The number of alkyl halides is 3. The third-order valence-corrected chi connectivity index (χ3v) is 2.87. The number of aliphatic carboxylic acids is 1. The summed E-state index contributed by atoms with van der Waals surface area (Å²) in [5.41, 5.74) is -1.99. The molecular formula is C15H9F4NO2. The largest absolute Gasteiger partial charge is 0.478 e. The molecule has 2 rings (SSSR count). The lowest BCUT2D eigenvalue weighted by atomic mass is 9.99. The third-order valence-electron chi connectivity index (χ3n) is 2.87. The number of aromatic nitrogens is 1. The van der Waals surface area contributed by atoms with Crippen molar-refractivity contribution in [2.45, 2.75) is 6.18 Å². The Morgan fingerprint density at radius 3 is 2.41 bits per heavy atom. The fourth-order valence-electron chi connectivity index (χ4n) is 1.83. The Hall–Kier alpha value is -2.70. The van der Waals surface area contributed by atoms with E-state index in [1.807, 2.05) is 0 Å². The highest BCUT2D eigenvalue weighted by Crippen LogP contribution is 2.33. The van der Waals surface area contributed by atoms with Gasteiger partial charge in [0, 0.05) is 11.1 Å². The Labute approximate surface area is 122 Å². The molecular weight excluding hydrogens is 302 g/mol. The second kappa shape index (κ2) is 5.59. The molecule has 2 aromatic rings. The van der Waals surface area contributed by atoms with Gasteiger partial charge in [-0.3, -0.25) is 0 Å². The van der Waals surface area contributed by atoms with Gasteiger partial charge in [-0.05, 0) is 24.3 Å². The molecule has 0 fully saturated rings. The molecule has 0 bridgehead atoms. The molecule has 1 heterocycles. The summed E-state index contributed by atoms with van der Waals surface area (Å²) in [5, 5.41) is 8.97. The van der Waals surface area contributed by atoms with E-state index in [2.05, 4.69) is 11.6 Å². The van der Waals surface area contributed by atoms with E-state index in [1.54, 1.807) is 0 Å². The number of pyridine rings is 1. The number of benzene rings is 1. The summed E-state index contributed by atoms with van der Waals surface area (Å²) in [6.45, 7) is 3.31. The SMILES string of the molecule is C=C(C(=O)O)c1ccc(C(F)(F)F)nc1-c1cccc(F)c1. The van der Waals surface area contributed by atoms with Crippen LogP contribution in [0.25, 0.3) is 16.8 Å². The van der Waals surface area contributed by atoms with E-state index in [9.17, 15) is 22.4 Å². The van der Waals surface area contributed by atoms with E-state index in [0.29, 0.717) is 6.07 Å². The van der Waals surface area contributed by atoms with E-state index in [1.165, 1.54) is 12.1 Å². The molecule has 0 spiro atoms. The fraction of sp³-hybridized carbons (Fsp3) is 0.0667. The molecule has 0 amide bonds. The van der Waals surface area contributed by atoms with Gasteiger partial charge in [0.1, 0.15) is 11.5 Å². The molecule has 1 aromatic carbocycles. The second-order valence-corrected chi connectivity index (χ2v) is 4.38. The maximum absolute atomic E-state index is 13.3. The van der Waals surface area contributed by atoms with Crippen LogP contribution in [-0.4, -0.2) is 16.1 Å². The van der Waals surface area contributed by atoms with Crippen molar-refractivity contribution < 1.29 is 27.5 Å². The zero-order valence-corrected chi connectivity index (χ0v) is 11.0. The van der Waals surface area contributed by atoms with Crippen LogP contribution in [0.1, 0.15) is 11.3 Å². The first-order valence-electron chi connectivity index (χ1n) is 5.97. The number of halogens is 4. The minimum Gasteiger partial charge on any atom is -0.478 e. The van der Waals surface area contributed by atoms with E-state index in [0.717, 1.165) is 18.2 Å². The van der Waals surface area contributed by atoms with Crippen molar-refractivity contribution in [3.05, 3.63) is 60.1 Å². The van der Waals surface area contributed by atoms with Crippen molar-refractivity contribution in [3.8, 4) is 11.3 Å². The summed E-state index contributed by atoms with van der Waals surface area (Å²) >= 11 is 0. The summed E-state index contributed by atoms with van der Waals surface area (Å²) in [4.78, 5) is 14.5. The Balaban J connectivity index is 2.70. The number of nitrogens with zero attached hydrogens (tertiary/aromatic N) is 1. The quantitative estimate of drug-likeness (QED) is 0.688. The van der Waals surface area contributed by atoms with Crippen LogP contribution in [0.15, 0.2) is 43.0 Å². The van der Waals surface area contributed by atoms with Crippen molar-refractivity contribution in [3.63, 3.8) is 0 Å². The average molecular weight is 311 g/mol. The van der Waals surface area contributed by atoms with E-state index < -0.39 is 29.2 Å². The van der Waals surface area contributed by atoms with Crippen molar-refractivity contribution in [2.75, 3.05) is 0 Å². The molecule has 3 nitrogen and oxygen atoms in total. The predicted molar refractivity (Wildman–Crippen MR) is 71.3 cm³/mol. The Morgan fingerprint density at radius 2 is 1.86 bits per heavy atom. The van der Waals surface area contributed by atoms with Crippen molar-refractivity contribution >= 4 is 11.5 Å². The number of rotatable bonds is 3. The minimum atomic E-state index is -4.70. The third kappa shape index (κ3) is 3.13. The van der Waals surface area contributed by atoms with Crippen molar-refractivity contribution in [1.82, 2.24) is 4.98 Å². The molecule has 1 aromatic heterocycles. The number of carbonyl (C=O) groups is 1. The highest BCUT2D eigenvalue weighted by molar-refractivity contribution is 6.16. The van der Waals surface area contributed by atoms with Crippen LogP contribution in [0, 0.1) is 5.82 Å². The van der Waals surface area contributed by atoms with Gasteiger partial charge in [-0.15, -0.1) is 0 Å². The molecule has 0 aliphatic heterocycles. The maximum atomic E-state index is 13.3. The molecule has 0 aliphatic rings. The number of hydrogen-bond acceptors (Lipinski definition) is 2. The van der Waals surface area contributed by atoms with Gasteiger partial charge in [0.15, 0.2) is 0 Å². The highest BCUT2D eigenvalue weighted by Gasteiger charge is 2.33. The fourth-order valence-corrected chi connectivity index (χ4v) is 1.83. The van der Waals surface area contributed by atoms with Crippen LogP contribution in [0.4, 0.5) is 17.6 Å². The zero-order valence-electron chi connectivity index (χ0n) is 11.0. The van der Waals surface area contributed by atoms with Crippen LogP contribution in [-0.2, 0) is 11.0 Å². The summed E-state index contributed by atoms with van der Waals surface area (Å²) < 4.78 is 51.6. The minimum absolute atomic E-state index is 0.0310. The molecule has 0 aliphatic carbocycles. The van der Waals surface area contributed by atoms with Crippen LogP contribution in [0.5, 0.6) is 0 Å². The number of carboxylic acid groups (broad SMARTS) is 1. The number of carboxylic acids is 1. The lowest BCUT2D eigenvalue weighted by molar-refractivity contribution is -0.141. The average Bonchev–Trinajstić information content (AvgIpc) is 2.44. The molecule has 0 unspecified atom stereocenters. The van der Waals surface area contributed by atoms with Gasteiger partial charge in [-0.25, -0.2) is 14.2 Å². The molecule has 0 saturated heterocycles. The normalized spacial score (nSPS) is 11.3. The highest BCUT2D eigenvalue weighted by atomic mass is 19.4. The van der Waals surface area contributed by atoms with Gasteiger partial charge in [0.2, 0.25) is 0 Å². The smallest absolute Gasteiger partial charge is 0.433 e. The van der Waals surface area contributed by atoms with Crippen LogP contribution in [0.3, 0.4) is 0 Å². The van der Waals surface area contributed by atoms with Crippen LogP contribution in [0.2, 0.25) is 0 Å². The zero-order chi connectivity index (χ0) is 16.5. The van der Waals surface area contributed by atoms with Gasteiger partial charge in [-0.2, -0.15) is 13.2 Å². The second-order valence-electron chi connectivity index (χ2n) is 4.38. The molecule has 22 heavy (non-hydrogen) atoms. The molecule has 0 radical (unpaired) electrons. The first-order valence-corrected chi connectivity index (χ1v) is 5.97. The molecule has 0 saturated carbocycles. The summed E-state index contributed by atoms with van der Waals surface area (Å²) in [5.74, 6) is -2.08. The van der Waals surface area contributed by atoms with Crippen LogP contribution >= 0.6 is 0 Å². The predicted octanol–water partition coefficient (Wildman–Crippen LogP) is 4.00. The first-order chi connectivity index (χ1) is 10.2. The summed E-state index contributed by atoms with van der Waals surface area (Å²) in [6.07, 6.45) is -4.70. The van der Waals surface area contributed by atoms with Crippen molar-refractivity contribution in [2.24, 2.45) is 0 Å². The standard InChI is InChI=1S/C15H9F4NO2/c1-8(14(21)22)11-5-6-12(15(17,18)19)20-13(11)9-3-2-4-10(16)7-9/h2-7H,1H2,(H,21,22). The summed E-state index contributed by atoms with van der Waals surface area (Å²) in [6, 6.07) is 6.34. The molecule has 0 atom stereocenters. The van der Waals surface area contributed by atoms with Crippen molar-refractivity contribution in [1.29, 1.82) is 0 Å². The lowest BCUT2D eigenvalue weighted by Gasteiger charge is -2.13. The summed E-state index contributed by atoms with van der Waals surface area (Å²) in [7, 11) is 0. The van der Waals surface area contributed by atoms with E-state index >= 15 is 0 Å². The Bertz CT molecular complexity index is 753. The van der Waals surface area contributed by atoms with Gasteiger partial charge < -0.3 is 5.11 Å². The Kier molecular flexibility index (Phi) is 3.99. The van der Waals surface area contributed by atoms with E-state index in [4.69, 9.17) is 5.11 Å². The molecule has 1 N–H and O–H groups in total. The first kappa shape index (κ1) is 15.7. The van der Waals surface area contributed by atoms with Gasteiger partial charge in [0.05, 0.1) is 11.3 Å². The monoisotopic (exact) mass is 311 g/mol. The molecule has 7 heteroatoms. The van der Waals surface area contributed by atoms with Gasteiger partial charge >= 0.3 is 12.1 Å². The van der Waals surface area contributed by atoms with Crippen LogP contribution < -0.4 is 0 Å². The van der Waals surface area contributed by atoms with E-state index in [-0.39, 0.29) is 16.8 Å².